The summed E-state index contributed by atoms with van der Waals surface area (Å²) in [6.45, 7) is 0.587. The molecule has 1 saturated carbocycles. The Morgan fingerprint density at radius 3 is 2.63 bits per heavy atom. The van der Waals surface area contributed by atoms with E-state index >= 15 is 0 Å². The van der Waals surface area contributed by atoms with E-state index in [0.717, 1.165) is 25.7 Å². The predicted octanol–water partition coefficient (Wildman–Crippen LogP) is 2.04. The van der Waals surface area contributed by atoms with Gasteiger partial charge in [-0.05, 0) is 24.5 Å². The molecule has 3 nitrogen and oxygen atoms in total. The fourth-order valence-electron chi connectivity index (χ4n) is 2.68. The van der Waals surface area contributed by atoms with Gasteiger partial charge in [0.2, 0.25) is 5.91 Å². The molecule has 0 aromatic heterocycles. The van der Waals surface area contributed by atoms with Crippen LogP contribution in [-0.2, 0) is 11.2 Å². The first-order chi connectivity index (χ1) is 9.15. The Balaban J connectivity index is 1.86. The standard InChI is InChI=1S/C15H20FNO2/c16-13-6-2-1-5-12(13)9-14(19)17-10-15(11-18)7-3-4-8-15/h1-2,5-6,18H,3-4,7-11H2,(H,17,19). The fraction of sp³-hybridized carbons (Fsp3) is 0.533. The summed E-state index contributed by atoms with van der Waals surface area (Å²) < 4.78 is 13.4. The predicted molar refractivity (Wildman–Crippen MR) is 71.1 cm³/mol. The molecule has 0 unspecified atom stereocenters. The number of aliphatic hydroxyl groups excluding tert-OH is 1. The average molecular weight is 265 g/mol. The van der Waals surface area contributed by atoms with Gasteiger partial charge in [-0.1, -0.05) is 31.0 Å². The highest BCUT2D eigenvalue weighted by Crippen LogP contribution is 2.36. The molecule has 0 heterocycles. The molecule has 104 valence electrons. The van der Waals surface area contributed by atoms with Gasteiger partial charge in [0.05, 0.1) is 13.0 Å². The van der Waals surface area contributed by atoms with Crippen LogP contribution < -0.4 is 5.32 Å². The first-order valence-electron chi connectivity index (χ1n) is 6.76. The van der Waals surface area contributed by atoms with E-state index in [4.69, 9.17) is 0 Å². The Morgan fingerprint density at radius 2 is 2.00 bits per heavy atom. The molecule has 0 aliphatic heterocycles. The second kappa shape index (κ2) is 6.15. The van der Waals surface area contributed by atoms with Gasteiger partial charge in [0.15, 0.2) is 0 Å². The second-order valence-electron chi connectivity index (χ2n) is 5.41. The number of nitrogens with one attached hydrogen (secondary N) is 1. The van der Waals surface area contributed by atoms with Crippen molar-refractivity contribution in [2.45, 2.75) is 32.1 Å². The Hall–Kier alpha value is -1.42. The zero-order valence-electron chi connectivity index (χ0n) is 11.0. The fourth-order valence-corrected chi connectivity index (χ4v) is 2.68. The Morgan fingerprint density at radius 1 is 1.32 bits per heavy atom. The van der Waals surface area contributed by atoms with Gasteiger partial charge < -0.3 is 10.4 Å². The molecule has 1 aliphatic carbocycles. The van der Waals surface area contributed by atoms with E-state index in [0.29, 0.717) is 12.1 Å². The number of carbonyl (C=O) groups excluding carboxylic acids is 1. The molecule has 1 fully saturated rings. The molecular weight excluding hydrogens is 245 g/mol. The van der Waals surface area contributed by atoms with E-state index in [1.807, 2.05) is 0 Å². The molecule has 0 bridgehead atoms. The smallest absolute Gasteiger partial charge is 0.224 e. The monoisotopic (exact) mass is 265 g/mol. The molecule has 0 radical (unpaired) electrons. The Bertz CT molecular complexity index is 442. The van der Waals surface area contributed by atoms with Gasteiger partial charge in [0.1, 0.15) is 5.82 Å². The first kappa shape index (κ1) is 14.0. The van der Waals surface area contributed by atoms with E-state index in [2.05, 4.69) is 5.32 Å². The average Bonchev–Trinajstić information content (AvgIpc) is 2.89. The van der Waals surface area contributed by atoms with E-state index in [1.54, 1.807) is 18.2 Å². The van der Waals surface area contributed by atoms with E-state index in [-0.39, 0.29) is 30.2 Å². The second-order valence-corrected chi connectivity index (χ2v) is 5.41. The van der Waals surface area contributed by atoms with Crippen molar-refractivity contribution in [1.29, 1.82) is 0 Å². The van der Waals surface area contributed by atoms with Crippen molar-refractivity contribution in [3.05, 3.63) is 35.6 Å². The SMILES string of the molecule is O=C(Cc1ccccc1F)NCC1(CO)CCCC1. The zero-order chi connectivity index (χ0) is 13.7. The van der Waals surface area contributed by atoms with Crippen LogP contribution in [0.25, 0.3) is 0 Å². The molecule has 0 spiro atoms. The summed E-state index contributed by atoms with van der Waals surface area (Å²) in [5.74, 6) is -0.541. The molecule has 0 atom stereocenters. The number of amides is 1. The minimum atomic E-state index is -0.351. The number of rotatable bonds is 5. The third-order valence-corrected chi connectivity index (χ3v) is 3.97. The van der Waals surface area contributed by atoms with Gasteiger partial charge >= 0.3 is 0 Å². The van der Waals surface area contributed by atoms with Crippen LogP contribution in [0.2, 0.25) is 0 Å². The molecule has 1 aromatic carbocycles. The van der Waals surface area contributed by atoms with Gasteiger partial charge in [-0.3, -0.25) is 4.79 Å². The molecule has 1 aromatic rings. The van der Waals surface area contributed by atoms with Crippen LogP contribution >= 0.6 is 0 Å². The van der Waals surface area contributed by atoms with Crippen molar-refractivity contribution >= 4 is 5.91 Å². The minimum Gasteiger partial charge on any atom is -0.396 e. The van der Waals surface area contributed by atoms with Crippen molar-refractivity contribution in [3.63, 3.8) is 0 Å². The van der Waals surface area contributed by atoms with Crippen LogP contribution in [0.15, 0.2) is 24.3 Å². The largest absolute Gasteiger partial charge is 0.396 e. The molecular formula is C15H20FNO2. The van der Waals surface area contributed by atoms with E-state index in [1.165, 1.54) is 6.07 Å². The molecule has 19 heavy (non-hydrogen) atoms. The summed E-state index contributed by atoms with van der Waals surface area (Å²) in [6.07, 6.45) is 4.15. The van der Waals surface area contributed by atoms with Crippen molar-refractivity contribution in [1.82, 2.24) is 5.32 Å². The van der Waals surface area contributed by atoms with Crippen molar-refractivity contribution in [2.75, 3.05) is 13.2 Å². The molecule has 1 amide bonds. The van der Waals surface area contributed by atoms with Crippen LogP contribution in [0.3, 0.4) is 0 Å². The number of aliphatic hydroxyl groups is 1. The van der Waals surface area contributed by atoms with Crippen LogP contribution in [0.5, 0.6) is 0 Å². The van der Waals surface area contributed by atoms with E-state index < -0.39 is 0 Å². The van der Waals surface area contributed by atoms with Crippen molar-refractivity contribution in [3.8, 4) is 0 Å². The highest BCUT2D eigenvalue weighted by atomic mass is 19.1. The van der Waals surface area contributed by atoms with Gasteiger partial charge in [-0.2, -0.15) is 0 Å². The maximum absolute atomic E-state index is 13.4. The third-order valence-electron chi connectivity index (χ3n) is 3.97. The van der Waals surface area contributed by atoms with Crippen molar-refractivity contribution < 1.29 is 14.3 Å². The lowest BCUT2D eigenvalue weighted by atomic mass is 9.87. The zero-order valence-corrected chi connectivity index (χ0v) is 11.0. The molecule has 2 N–H and O–H groups in total. The lowest BCUT2D eigenvalue weighted by molar-refractivity contribution is -0.121. The van der Waals surface area contributed by atoms with Gasteiger partial charge in [0.25, 0.3) is 0 Å². The summed E-state index contributed by atoms with van der Waals surface area (Å²) >= 11 is 0. The van der Waals surface area contributed by atoms with Crippen LogP contribution in [-0.4, -0.2) is 24.2 Å². The summed E-state index contributed by atoms with van der Waals surface area (Å²) in [5.41, 5.74) is 0.245. The Labute approximate surface area is 112 Å². The van der Waals surface area contributed by atoms with Crippen LogP contribution in [0, 0.1) is 11.2 Å². The van der Waals surface area contributed by atoms with Crippen LogP contribution in [0.4, 0.5) is 4.39 Å². The first-order valence-corrected chi connectivity index (χ1v) is 6.76. The normalized spacial score (nSPS) is 17.4. The van der Waals surface area contributed by atoms with Crippen LogP contribution in [0.1, 0.15) is 31.2 Å². The molecule has 4 heteroatoms. The van der Waals surface area contributed by atoms with Crippen molar-refractivity contribution in [2.24, 2.45) is 5.41 Å². The number of halogens is 1. The minimum absolute atomic E-state index is 0.0498. The number of benzene rings is 1. The van der Waals surface area contributed by atoms with Gasteiger partial charge in [-0.25, -0.2) is 4.39 Å². The summed E-state index contributed by atoms with van der Waals surface area (Å²) in [7, 11) is 0. The summed E-state index contributed by atoms with van der Waals surface area (Å²) in [6, 6.07) is 6.30. The summed E-state index contributed by atoms with van der Waals surface area (Å²) in [5, 5.41) is 12.3. The molecule has 1 aliphatic rings. The van der Waals surface area contributed by atoms with Gasteiger partial charge in [-0.15, -0.1) is 0 Å². The lowest BCUT2D eigenvalue weighted by Gasteiger charge is -2.26. The highest BCUT2D eigenvalue weighted by Gasteiger charge is 2.33. The number of hydrogen-bond acceptors (Lipinski definition) is 2. The third kappa shape index (κ3) is 3.53. The van der Waals surface area contributed by atoms with Gasteiger partial charge in [0, 0.05) is 12.0 Å². The highest BCUT2D eigenvalue weighted by molar-refractivity contribution is 5.78. The lowest BCUT2D eigenvalue weighted by Crippen LogP contribution is -2.39. The molecule has 0 saturated heterocycles. The topological polar surface area (TPSA) is 49.3 Å². The quantitative estimate of drug-likeness (QED) is 0.856. The number of carbonyl (C=O) groups is 1. The number of hydrogen-bond donors (Lipinski definition) is 2. The summed E-state index contributed by atoms with van der Waals surface area (Å²) in [4.78, 5) is 11.8. The maximum Gasteiger partial charge on any atom is 0.224 e. The maximum atomic E-state index is 13.4. The Kier molecular flexibility index (Phi) is 4.53. The van der Waals surface area contributed by atoms with E-state index in [9.17, 15) is 14.3 Å². The molecule has 2 rings (SSSR count).